The van der Waals surface area contributed by atoms with Crippen LogP contribution >= 0.6 is 0 Å². The Balaban J connectivity index is 1.38. The lowest BCUT2D eigenvalue weighted by Gasteiger charge is -2.28. The van der Waals surface area contributed by atoms with Crippen LogP contribution in [0, 0.1) is 13.8 Å². The van der Waals surface area contributed by atoms with Crippen molar-refractivity contribution in [1.82, 2.24) is 34.7 Å². The van der Waals surface area contributed by atoms with Crippen molar-refractivity contribution in [2.45, 2.75) is 63.8 Å². The van der Waals surface area contributed by atoms with E-state index in [1.165, 1.54) is 12.3 Å². The first-order valence-corrected chi connectivity index (χ1v) is 12.0. The van der Waals surface area contributed by atoms with Crippen LogP contribution in [0.15, 0.2) is 30.7 Å². The number of fused-ring (bicyclic) bond motifs is 1. The van der Waals surface area contributed by atoms with Gasteiger partial charge in [-0.2, -0.15) is 18.3 Å². The summed E-state index contributed by atoms with van der Waals surface area (Å²) < 4.78 is 47.3. The molecule has 6 rings (SSSR count). The molecule has 0 bridgehead atoms. The van der Waals surface area contributed by atoms with E-state index < -0.39 is 11.9 Å². The Morgan fingerprint density at radius 2 is 1.78 bits per heavy atom. The molecule has 0 aromatic carbocycles. The summed E-state index contributed by atoms with van der Waals surface area (Å²) in [5.41, 5.74) is 3.24. The summed E-state index contributed by atoms with van der Waals surface area (Å²) >= 11 is 0. The van der Waals surface area contributed by atoms with E-state index in [1.807, 2.05) is 24.7 Å². The van der Waals surface area contributed by atoms with E-state index in [-0.39, 0.29) is 12.0 Å². The first kappa shape index (κ1) is 23.0. The third kappa shape index (κ3) is 4.32. The number of hydrogen-bond donors (Lipinski definition) is 0. The minimum Gasteiger partial charge on any atom is -0.373 e. The van der Waals surface area contributed by atoms with Crippen molar-refractivity contribution >= 4 is 11.2 Å². The van der Waals surface area contributed by atoms with Gasteiger partial charge in [0.2, 0.25) is 0 Å². The van der Waals surface area contributed by atoms with Gasteiger partial charge in [-0.1, -0.05) is 0 Å². The summed E-state index contributed by atoms with van der Waals surface area (Å²) in [5, 5.41) is 4.49. The SMILES string of the molecule is Cc1nc2nc([C@H]3CCO[C@@H](c4cnn(C5CC5)c4)C3)nc(-c3ccc(C(F)(F)F)nc3)c2nc1C. The highest BCUT2D eigenvalue weighted by atomic mass is 19.4. The molecule has 0 N–H and O–H groups in total. The third-order valence-corrected chi connectivity index (χ3v) is 6.85. The average Bonchev–Trinajstić information content (AvgIpc) is 3.60. The fourth-order valence-corrected chi connectivity index (χ4v) is 4.54. The molecule has 2 atom stereocenters. The summed E-state index contributed by atoms with van der Waals surface area (Å²) in [4.78, 5) is 22.4. The topological polar surface area (TPSA) is 91.5 Å². The lowest BCUT2D eigenvalue weighted by atomic mass is 9.92. The molecule has 4 aromatic rings. The number of hydrogen-bond acceptors (Lipinski definition) is 7. The van der Waals surface area contributed by atoms with E-state index in [1.54, 1.807) is 0 Å². The Bertz CT molecular complexity index is 1430. The largest absolute Gasteiger partial charge is 0.433 e. The molecule has 11 heteroatoms. The summed E-state index contributed by atoms with van der Waals surface area (Å²) in [5.74, 6) is 0.569. The van der Waals surface area contributed by atoms with E-state index in [4.69, 9.17) is 14.7 Å². The molecular formula is C25H24F3N7O. The van der Waals surface area contributed by atoms with E-state index in [2.05, 4.69) is 26.2 Å². The molecule has 0 amide bonds. The minimum atomic E-state index is -4.52. The van der Waals surface area contributed by atoms with Gasteiger partial charge < -0.3 is 4.74 Å². The third-order valence-electron chi connectivity index (χ3n) is 6.85. The van der Waals surface area contributed by atoms with E-state index >= 15 is 0 Å². The molecule has 1 aliphatic heterocycles. The van der Waals surface area contributed by atoms with Crippen LogP contribution in [0.3, 0.4) is 0 Å². The van der Waals surface area contributed by atoms with Crippen molar-refractivity contribution in [3.05, 3.63) is 59.2 Å². The predicted molar refractivity (Wildman–Crippen MR) is 124 cm³/mol. The van der Waals surface area contributed by atoms with Gasteiger partial charge in [0.1, 0.15) is 22.7 Å². The van der Waals surface area contributed by atoms with Crippen molar-refractivity contribution in [2.75, 3.05) is 6.61 Å². The van der Waals surface area contributed by atoms with Crippen molar-refractivity contribution in [2.24, 2.45) is 0 Å². The highest BCUT2D eigenvalue weighted by Crippen LogP contribution is 2.40. The van der Waals surface area contributed by atoms with Crippen LogP contribution in [0.4, 0.5) is 13.2 Å². The monoisotopic (exact) mass is 495 g/mol. The maximum absolute atomic E-state index is 13.1. The minimum absolute atomic E-state index is 0.0120. The molecule has 8 nitrogen and oxygen atoms in total. The molecule has 186 valence electrons. The van der Waals surface area contributed by atoms with Gasteiger partial charge in [0, 0.05) is 36.0 Å². The normalized spacial score (nSPS) is 20.7. The van der Waals surface area contributed by atoms with Crippen molar-refractivity contribution in [3.8, 4) is 11.3 Å². The zero-order valence-electron chi connectivity index (χ0n) is 19.8. The van der Waals surface area contributed by atoms with Gasteiger partial charge in [0.05, 0.1) is 29.7 Å². The lowest BCUT2D eigenvalue weighted by molar-refractivity contribution is -0.141. The van der Waals surface area contributed by atoms with Crippen molar-refractivity contribution in [1.29, 1.82) is 0 Å². The fourth-order valence-electron chi connectivity index (χ4n) is 4.54. The van der Waals surface area contributed by atoms with Gasteiger partial charge >= 0.3 is 6.18 Å². The Morgan fingerprint density at radius 3 is 2.50 bits per heavy atom. The van der Waals surface area contributed by atoms with Crippen LogP contribution < -0.4 is 0 Å². The zero-order valence-corrected chi connectivity index (χ0v) is 19.8. The molecular weight excluding hydrogens is 471 g/mol. The maximum Gasteiger partial charge on any atom is 0.433 e. The lowest BCUT2D eigenvalue weighted by Crippen LogP contribution is -2.20. The molecule has 0 unspecified atom stereocenters. The van der Waals surface area contributed by atoms with Gasteiger partial charge in [-0.3, -0.25) is 9.67 Å². The molecule has 2 aliphatic rings. The maximum atomic E-state index is 13.1. The van der Waals surface area contributed by atoms with Crippen LogP contribution in [-0.2, 0) is 10.9 Å². The molecule has 1 saturated heterocycles. The van der Waals surface area contributed by atoms with Gasteiger partial charge in [-0.05, 0) is 51.7 Å². The van der Waals surface area contributed by atoms with Crippen LogP contribution in [0.25, 0.3) is 22.4 Å². The number of nitrogens with zero attached hydrogens (tertiary/aromatic N) is 7. The fraction of sp³-hybridized carbons (Fsp3) is 0.440. The molecule has 4 aromatic heterocycles. The second kappa shape index (κ2) is 8.58. The number of rotatable bonds is 4. The Hall–Kier alpha value is -3.47. The average molecular weight is 496 g/mol. The first-order chi connectivity index (χ1) is 17.3. The van der Waals surface area contributed by atoms with Crippen LogP contribution in [-0.4, -0.2) is 41.3 Å². The zero-order chi connectivity index (χ0) is 25.0. The Morgan fingerprint density at radius 1 is 0.972 bits per heavy atom. The molecule has 0 spiro atoms. The highest BCUT2D eigenvalue weighted by Gasteiger charge is 2.33. The van der Waals surface area contributed by atoms with Gasteiger partial charge in [-0.25, -0.2) is 19.9 Å². The number of aromatic nitrogens is 7. The summed E-state index contributed by atoms with van der Waals surface area (Å²) in [7, 11) is 0. The molecule has 1 saturated carbocycles. The molecule has 2 fully saturated rings. The second-order valence-electron chi connectivity index (χ2n) is 9.49. The first-order valence-electron chi connectivity index (χ1n) is 12.0. The number of alkyl halides is 3. The van der Waals surface area contributed by atoms with Crippen molar-refractivity contribution < 1.29 is 17.9 Å². The van der Waals surface area contributed by atoms with Gasteiger partial charge in [-0.15, -0.1) is 0 Å². The van der Waals surface area contributed by atoms with Crippen LogP contribution in [0.2, 0.25) is 0 Å². The number of halogens is 3. The van der Waals surface area contributed by atoms with Gasteiger partial charge in [0.25, 0.3) is 0 Å². The smallest absolute Gasteiger partial charge is 0.373 e. The number of ether oxygens (including phenoxy) is 1. The summed E-state index contributed by atoms with van der Waals surface area (Å²) in [6.45, 7) is 4.22. The standard InChI is InChI=1S/C25H24F3N7O/c1-13-14(2)32-24-22(31-13)21(16-3-6-20(29-10-16)25(26,27)28)33-23(34-24)15-7-8-36-19(9-15)17-11-30-35(12-17)18-4-5-18/h3,6,10-12,15,18-19H,4-5,7-9H2,1-2H3/t15-,19+/m0/s1. The quantitative estimate of drug-likeness (QED) is 0.380. The van der Waals surface area contributed by atoms with Crippen LogP contribution in [0.5, 0.6) is 0 Å². The molecule has 5 heterocycles. The van der Waals surface area contributed by atoms with Crippen LogP contribution in [0.1, 0.15) is 72.2 Å². The number of aryl methyl sites for hydroxylation is 2. The molecule has 1 aliphatic carbocycles. The molecule has 36 heavy (non-hydrogen) atoms. The second-order valence-corrected chi connectivity index (χ2v) is 9.49. The number of pyridine rings is 1. The highest BCUT2D eigenvalue weighted by molar-refractivity contribution is 5.86. The Labute approximate surface area is 205 Å². The van der Waals surface area contributed by atoms with E-state index in [9.17, 15) is 13.2 Å². The van der Waals surface area contributed by atoms with Crippen molar-refractivity contribution in [3.63, 3.8) is 0 Å². The van der Waals surface area contributed by atoms with Gasteiger partial charge in [0.15, 0.2) is 5.65 Å². The molecule has 0 radical (unpaired) electrons. The van der Waals surface area contributed by atoms with E-state index in [0.717, 1.165) is 36.6 Å². The predicted octanol–water partition coefficient (Wildman–Crippen LogP) is 5.28. The Kier molecular flexibility index (Phi) is 5.47. The van der Waals surface area contributed by atoms with E-state index in [0.29, 0.717) is 53.0 Å². The summed E-state index contributed by atoms with van der Waals surface area (Å²) in [6, 6.07) is 2.82. The summed E-state index contributed by atoms with van der Waals surface area (Å²) in [6.07, 6.45) is 4.17.